The van der Waals surface area contributed by atoms with E-state index in [-0.39, 0.29) is 5.97 Å². The van der Waals surface area contributed by atoms with Crippen molar-refractivity contribution in [1.29, 1.82) is 0 Å². The van der Waals surface area contributed by atoms with Crippen molar-refractivity contribution in [2.24, 2.45) is 0 Å². The van der Waals surface area contributed by atoms with Gasteiger partial charge in [0.2, 0.25) is 0 Å². The standard InChI is InChI=1S/C14H24N2O2S/c1-5-7-8-9-10(3)15-13-12(11(4)16-19-13)14(17)18-6-2/h10,15H,5-9H2,1-4H3. The molecule has 5 heteroatoms. The average Bonchev–Trinajstić information content (AvgIpc) is 2.71. The number of aryl methyl sites for hydroxylation is 1. The summed E-state index contributed by atoms with van der Waals surface area (Å²) in [5.74, 6) is -0.281. The largest absolute Gasteiger partial charge is 0.462 e. The minimum Gasteiger partial charge on any atom is -0.462 e. The molecule has 1 rings (SSSR count). The monoisotopic (exact) mass is 284 g/mol. The van der Waals surface area contributed by atoms with Crippen molar-refractivity contribution in [2.75, 3.05) is 11.9 Å². The van der Waals surface area contributed by atoms with E-state index >= 15 is 0 Å². The van der Waals surface area contributed by atoms with Crippen LogP contribution in [0.5, 0.6) is 0 Å². The number of unbranched alkanes of at least 4 members (excludes halogenated alkanes) is 2. The van der Waals surface area contributed by atoms with Gasteiger partial charge in [0, 0.05) is 6.04 Å². The first-order chi connectivity index (χ1) is 9.10. The Morgan fingerprint density at radius 1 is 1.42 bits per heavy atom. The summed E-state index contributed by atoms with van der Waals surface area (Å²) in [4.78, 5) is 11.9. The third kappa shape index (κ3) is 4.82. The van der Waals surface area contributed by atoms with Crippen molar-refractivity contribution in [3.05, 3.63) is 11.3 Å². The third-order valence-corrected chi connectivity index (χ3v) is 3.83. The SMILES string of the molecule is CCCCCC(C)Nc1snc(C)c1C(=O)OCC. The van der Waals surface area contributed by atoms with E-state index in [1.807, 2.05) is 13.8 Å². The molecular weight excluding hydrogens is 260 g/mol. The highest BCUT2D eigenvalue weighted by Gasteiger charge is 2.20. The fraction of sp³-hybridized carbons (Fsp3) is 0.714. The molecule has 1 aromatic rings. The molecular formula is C14H24N2O2S. The molecule has 0 aromatic carbocycles. The molecule has 0 spiro atoms. The van der Waals surface area contributed by atoms with Gasteiger partial charge in [0.05, 0.1) is 12.3 Å². The van der Waals surface area contributed by atoms with Crippen LogP contribution in [0.1, 0.15) is 62.5 Å². The average molecular weight is 284 g/mol. The zero-order valence-corrected chi connectivity index (χ0v) is 13.1. The van der Waals surface area contributed by atoms with Crippen LogP contribution in [0, 0.1) is 6.92 Å². The maximum absolute atomic E-state index is 11.9. The van der Waals surface area contributed by atoms with Gasteiger partial charge >= 0.3 is 5.97 Å². The zero-order chi connectivity index (χ0) is 14.3. The van der Waals surface area contributed by atoms with Crippen molar-refractivity contribution in [3.8, 4) is 0 Å². The number of rotatable bonds is 8. The number of nitrogens with one attached hydrogen (secondary N) is 1. The molecule has 0 radical (unpaired) electrons. The fourth-order valence-electron chi connectivity index (χ4n) is 1.91. The van der Waals surface area contributed by atoms with Gasteiger partial charge in [0.15, 0.2) is 0 Å². The van der Waals surface area contributed by atoms with Gasteiger partial charge in [-0.25, -0.2) is 4.79 Å². The second-order valence-corrected chi connectivity index (χ2v) is 5.51. The number of carbonyl (C=O) groups is 1. The number of aromatic nitrogens is 1. The van der Waals surface area contributed by atoms with Crippen molar-refractivity contribution < 1.29 is 9.53 Å². The quantitative estimate of drug-likeness (QED) is 0.579. The topological polar surface area (TPSA) is 51.2 Å². The van der Waals surface area contributed by atoms with Gasteiger partial charge in [0.25, 0.3) is 0 Å². The van der Waals surface area contributed by atoms with E-state index in [1.54, 1.807) is 0 Å². The van der Waals surface area contributed by atoms with Crippen molar-refractivity contribution in [3.63, 3.8) is 0 Å². The summed E-state index contributed by atoms with van der Waals surface area (Å²) in [6.45, 7) is 8.38. The lowest BCUT2D eigenvalue weighted by Crippen LogP contribution is -2.17. The highest BCUT2D eigenvalue weighted by atomic mass is 32.1. The molecule has 19 heavy (non-hydrogen) atoms. The summed E-state index contributed by atoms with van der Waals surface area (Å²) in [5.41, 5.74) is 1.33. The Bertz CT molecular complexity index is 404. The molecule has 0 amide bonds. The first-order valence-electron chi connectivity index (χ1n) is 7.00. The first kappa shape index (κ1) is 16.0. The number of hydrogen-bond acceptors (Lipinski definition) is 5. The van der Waals surface area contributed by atoms with Crippen LogP contribution >= 0.6 is 11.5 Å². The van der Waals surface area contributed by atoms with E-state index in [0.29, 0.717) is 18.2 Å². The highest BCUT2D eigenvalue weighted by molar-refractivity contribution is 7.10. The molecule has 0 saturated heterocycles. The minimum atomic E-state index is -0.281. The van der Waals surface area contributed by atoms with Gasteiger partial charge < -0.3 is 10.1 Å². The highest BCUT2D eigenvalue weighted by Crippen LogP contribution is 2.26. The molecule has 108 valence electrons. The van der Waals surface area contributed by atoms with Crippen molar-refractivity contribution >= 4 is 22.5 Å². The normalized spacial score (nSPS) is 12.2. The number of carbonyl (C=O) groups excluding carboxylic acids is 1. The molecule has 0 fully saturated rings. The van der Waals surface area contributed by atoms with Gasteiger partial charge in [0.1, 0.15) is 10.6 Å². The van der Waals surface area contributed by atoms with E-state index in [0.717, 1.165) is 17.1 Å². The summed E-state index contributed by atoms with van der Waals surface area (Å²) in [5, 5.41) is 4.22. The molecule has 1 atom stereocenters. The Morgan fingerprint density at radius 3 is 2.79 bits per heavy atom. The molecule has 0 saturated carbocycles. The molecule has 0 aliphatic heterocycles. The van der Waals surface area contributed by atoms with Gasteiger partial charge in [-0.15, -0.1) is 0 Å². The van der Waals surface area contributed by atoms with Crippen molar-refractivity contribution in [1.82, 2.24) is 4.37 Å². The second kappa shape index (κ2) is 8.15. The molecule has 1 N–H and O–H groups in total. The van der Waals surface area contributed by atoms with Crippen LogP contribution in [0.3, 0.4) is 0 Å². The number of nitrogens with zero attached hydrogens (tertiary/aromatic N) is 1. The summed E-state index contributed by atoms with van der Waals surface area (Å²) in [6, 6.07) is 0.347. The molecule has 0 aliphatic rings. The van der Waals surface area contributed by atoms with E-state index in [4.69, 9.17) is 4.74 Å². The van der Waals surface area contributed by atoms with E-state index in [1.165, 1.54) is 30.8 Å². The summed E-state index contributed by atoms with van der Waals surface area (Å²) in [6.07, 6.45) is 4.78. The minimum absolute atomic E-state index is 0.281. The van der Waals surface area contributed by atoms with E-state index in [9.17, 15) is 4.79 Å². The van der Waals surface area contributed by atoms with Gasteiger partial charge in [-0.05, 0) is 38.7 Å². The van der Waals surface area contributed by atoms with Gasteiger partial charge in [-0.1, -0.05) is 26.2 Å². The smallest absolute Gasteiger partial charge is 0.343 e. The lowest BCUT2D eigenvalue weighted by atomic mass is 10.1. The van der Waals surface area contributed by atoms with Crippen LogP contribution in [0.25, 0.3) is 0 Å². The summed E-state index contributed by atoms with van der Waals surface area (Å²) < 4.78 is 9.32. The lowest BCUT2D eigenvalue weighted by Gasteiger charge is -2.14. The predicted octanol–water partition coefficient (Wildman–Crippen LogP) is 4.01. The number of hydrogen-bond donors (Lipinski definition) is 1. The maximum Gasteiger partial charge on any atom is 0.343 e. The molecule has 1 unspecified atom stereocenters. The van der Waals surface area contributed by atoms with Crippen LogP contribution in [-0.4, -0.2) is 23.0 Å². The van der Waals surface area contributed by atoms with Gasteiger partial charge in [-0.3, -0.25) is 0 Å². The van der Waals surface area contributed by atoms with Crippen LogP contribution < -0.4 is 5.32 Å². The maximum atomic E-state index is 11.9. The molecule has 1 heterocycles. The Hall–Kier alpha value is -1.10. The first-order valence-corrected chi connectivity index (χ1v) is 7.77. The number of ether oxygens (including phenoxy) is 1. The number of anilines is 1. The van der Waals surface area contributed by atoms with Crippen LogP contribution in [0.15, 0.2) is 0 Å². The van der Waals surface area contributed by atoms with Crippen LogP contribution in [0.4, 0.5) is 5.00 Å². The third-order valence-electron chi connectivity index (χ3n) is 2.96. The Labute approximate surface area is 119 Å². The molecule has 1 aromatic heterocycles. The van der Waals surface area contributed by atoms with Gasteiger partial charge in [-0.2, -0.15) is 4.37 Å². The lowest BCUT2D eigenvalue weighted by molar-refractivity contribution is 0.0527. The van der Waals surface area contributed by atoms with Crippen LogP contribution in [-0.2, 0) is 4.74 Å². The second-order valence-electron chi connectivity index (χ2n) is 4.73. The molecule has 0 aliphatic carbocycles. The number of esters is 1. The predicted molar refractivity (Wildman–Crippen MR) is 80.0 cm³/mol. The summed E-state index contributed by atoms with van der Waals surface area (Å²) >= 11 is 1.34. The van der Waals surface area contributed by atoms with E-state index < -0.39 is 0 Å². The fourth-order valence-corrected chi connectivity index (χ4v) is 2.80. The van der Waals surface area contributed by atoms with E-state index in [2.05, 4.69) is 23.5 Å². The Kier molecular flexibility index (Phi) is 6.84. The zero-order valence-electron chi connectivity index (χ0n) is 12.3. The molecule has 4 nitrogen and oxygen atoms in total. The summed E-state index contributed by atoms with van der Waals surface area (Å²) in [7, 11) is 0. The Morgan fingerprint density at radius 2 is 2.16 bits per heavy atom. The Balaban J connectivity index is 2.65. The van der Waals surface area contributed by atoms with Crippen molar-refractivity contribution in [2.45, 2.75) is 59.4 Å². The van der Waals surface area contributed by atoms with Crippen LogP contribution in [0.2, 0.25) is 0 Å². The molecule has 0 bridgehead atoms.